The van der Waals surface area contributed by atoms with Crippen LogP contribution in [0.1, 0.15) is 13.8 Å². The number of ether oxygens (including phenoxy) is 2. The van der Waals surface area contributed by atoms with E-state index in [2.05, 4.69) is 0 Å². The van der Waals surface area contributed by atoms with Gasteiger partial charge >= 0.3 is 0 Å². The summed E-state index contributed by atoms with van der Waals surface area (Å²) in [6, 6.07) is 0. The molecule has 1 aliphatic rings. The van der Waals surface area contributed by atoms with Gasteiger partial charge in [0, 0.05) is 12.4 Å². The molecule has 0 aromatic carbocycles. The minimum Gasteiger partial charge on any atom is -0.362 e. The quantitative estimate of drug-likeness (QED) is 0.739. The Kier molecular flexibility index (Phi) is 4.32. The minimum atomic E-state index is -1.35. The molecule has 3 unspecified atom stereocenters. The van der Waals surface area contributed by atoms with Gasteiger partial charge in [-0.2, -0.15) is 0 Å². The third-order valence-electron chi connectivity index (χ3n) is 1.91. The summed E-state index contributed by atoms with van der Waals surface area (Å²) in [4.78, 5) is 0. The van der Waals surface area contributed by atoms with Crippen LogP contribution in [-0.4, -0.2) is 40.7 Å². The lowest BCUT2D eigenvalue weighted by atomic mass is 10.2. The first-order valence-electron chi connectivity index (χ1n) is 4.35. The summed E-state index contributed by atoms with van der Waals surface area (Å²) in [5, 5.41) is 9.56. The maximum Gasteiger partial charge on any atom is 0.218 e. The van der Waals surface area contributed by atoms with E-state index in [4.69, 9.17) is 21.1 Å². The van der Waals surface area contributed by atoms with Crippen molar-refractivity contribution in [3.05, 3.63) is 0 Å². The number of aliphatic hydroxyl groups is 1. The molecule has 0 radical (unpaired) electrons. The Hall–Kier alpha value is 0.520. The fourth-order valence-corrected chi connectivity index (χ4v) is 2.56. The highest BCUT2D eigenvalue weighted by Gasteiger charge is 2.45. The van der Waals surface area contributed by atoms with E-state index in [0.29, 0.717) is 13.2 Å². The zero-order valence-electron chi connectivity index (χ0n) is 7.83. The summed E-state index contributed by atoms with van der Waals surface area (Å²) >= 11 is 7.40. The molecule has 0 spiro atoms. The molecular formula is C8H15ClO3S. The summed E-state index contributed by atoms with van der Waals surface area (Å²) < 4.78 is 10.6. The molecule has 0 amide bonds. The van der Waals surface area contributed by atoms with Crippen LogP contribution in [0.3, 0.4) is 0 Å². The molecule has 78 valence electrons. The molecule has 0 bridgehead atoms. The summed E-state index contributed by atoms with van der Waals surface area (Å²) in [6.45, 7) is 4.66. The number of hydrogen-bond donors (Lipinski definition) is 1. The highest BCUT2D eigenvalue weighted by atomic mass is 35.5. The van der Waals surface area contributed by atoms with E-state index in [9.17, 15) is 5.11 Å². The lowest BCUT2D eigenvalue weighted by Crippen LogP contribution is -2.53. The molecule has 13 heavy (non-hydrogen) atoms. The van der Waals surface area contributed by atoms with Gasteiger partial charge in [-0.15, -0.1) is 23.4 Å². The van der Waals surface area contributed by atoms with E-state index < -0.39 is 11.2 Å². The molecule has 1 saturated heterocycles. The van der Waals surface area contributed by atoms with Gasteiger partial charge in [0.1, 0.15) is 0 Å². The minimum absolute atomic E-state index is 0.376. The van der Waals surface area contributed by atoms with Crippen molar-refractivity contribution in [3.8, 4) is 0 Å². The molecule has 1 heterocycles. The summed E-state index contributed by atoms with van der Waals surface area (Å²) in [6.07, 6.45) is 0. The van der Waals surface area contributed by atoms with E-state index in [1.54, 1.807) is 18.7 Å². The van der Waals surface area contributed by atoms with Gasteiger partial charge in [0.15, 0.2) is 5.44 Å². The number of hydrogen-bond acceptors (Lipinski definition) is 4. The van der Waals surface area contributed by atoms with E-state index in [1.165, 1.54) is 0 Å². The van der Waals surface area contributed by atoms with Crippen LogP contribution >= 0.6 is 23.4 Å². The van der Waals surface area contributed by atoms with Crippen molar-refractivity contribution in [3.63, 3.8) is 0 Å². The second kappa shape index (κ2) is 4.84. The fraction of sp³-hybridized carbons (Fsp3) is 1.00. The second-order valence-electron chi connectivity index (χ2n) is 2.87. The van der Waals surface area contributed by atoms with E-state index in [1.807, 2.05) is 6.92 Å². The molecule has 1 rings (SSSR count). The van der Waals surface area contributed by atoms with Gasteiger partial charge < -0.3 is 14.6 Å². The SMILES string of the molecule is CCOC1SCCOC1(O)C(C)Cl. The molecule has 0 aromatic rings. The topological polar surface area (TPSA) is 38.7 Å². The van der Waals surface area contributed by atoms with E-state index in [0.717, 1.165) is 5.75 Å². The first kappa shape index (κ1) is 11.6. The van der Waals surface area contributed by atoms with Gasteiger partial charge in [-0.05, 0) is 13.8 Å². The Morgan fingerprint density at radius 3 is 3.08 bits per heavy atom. The van der Waals surface area contributed by atoms with Crippen molar-refractivity contribution in [2.75, 3.05) is 19.0 Å². The average Bonchev–Trinajstić information content (AvgIpc) is 2.09. The average molecular weight is 227 g/mol. The lowest BCUT2D eigenvalue weighted by molar-refractivity contribution is -0.243. The highest BCUT2D eigenvalue weighted by Crippen LogP contribution is 2.35. The van der Waals surface area contributed by atoms with Crippen molar-refractivity contribution in [2.24, 2.45) is 0 Å². The van der Waals surface area contributed by atoms with Crippen LogP contribution in [0.5, 0.6) is 0 Å². The number of halogens is 1. The number of thioether (sulfide) groups is 1. The Balaban J connectivity index is 2.65. The van der Waals surface area contributed by atoms with Gasteiger partial charge in [-0.3, -0.25) is 0 Å². The third-order valence-corrected chi connectivity index (χ3v) is 3.40. The molecule has 1 N–H and O–H groups in total. The predicted molar refractivity (Wildman–Crippen MR) is 54.1 cm³/mol. The summed E-state index contributed by atoms with van der Waals surface area (Å²) in [5.74, 6) is -0.517. The standard InChI is InChI=1S/C8H15ClO3S/c1-3-11-7-8(10,6(2)9)12-4-5-13-7/h6-7,10H,3-5H2,1-2H3. The van der Waals surface area contributed by atoms with Crippen LogP contribution in [0.2, 0.25) is 0 Å². The number of alkyl halides is 1. The lowest BCUT2D eigenvalue weighted by Gasteiger charge is -2.40. The van der Waals surface area contributed by atoms with Crippen molar-refractivity contribution in [1.82, 2.24) is 0 Å². The first-order valence-corrected chi connectivity index (χ1v) is 5.83. The molecular weight excluding hydrogens is 212 g/mol. The van der Waals surface area contributed by atoms with E-state index in [-0.39, 0.29) is 5.44 Å². The zero-order chi connectivity index (χ0) is 9.90. The molecule has 0 aromatic heterocycles. The second-order valence-corrected chi connectivity index (χ2v) is 4.70. The predicted octanol–water partition coefficient (Wildman–Crippen LogP) is 1.43. The van der Waals surface area contributed by atoms with Crippen LogP contribution in [0.15, 0.2) is 0 Å². The third kappa shape index (κ3) is 2.50. The first-order chi connectivity index (χ1) is 6.11. The normalized spacial score (nSPS) is 37.4. The Morgan fingerprint density at radius 1 is 1.85 bits per heavy atom. The summed E-state index contributed by atoms with van der Waals surface area (Å²) in [5.41, 5.74) is -0.376. The van der Waals surface area contributed by atoms with Crippen LogP contribution in [0, 0.1) is 0 Å². The molecule has 1 fully saturated rings. The van der Waals surface area contributed by atoms with Crippen LogP contribution in [-0.2, 0) is 9.47 Å². The fourth-order valence-electron chi connectivity index (χ4n) is 1.17. The Morgan fingerprint density at radius 2 is 2.54 bits per heavy atom. The number of rotatable bonds is 3. The largest absolute Gasteiger partial charge is 0.362 e. The molecule has 1 aliphatic heterocycles. The molecule has 5 heteroatoms. The molecule has 0 saturated carbocycles. The van der Waals surface area contributed by atoms with E-state index >= 15 is 0 Å². The maximum atomic E-state index is 10.0. The van der Waals surface area contributed by atoms with Gasteiger partial charge in [0.25, 0.3) is 0 Å². The Labute approximate surface area is 87.7 Å². The summed E-state index contributed by atoms with van der Waals surface area (Å²) in [7, 11) is 0. The monoisotopic (exact) mass is 226 g/mol. The van der Waals surface area contributed by atoms with Crippen LogP contribution < -0.4 is 0 Å². The molecule has 0 aliphatic carbocycles. The maximum absolute atomic E-state index is 10.0. The van der Waals surface area contributed by atoms with Gasteiger partial charge in [0.2, 0.25) is 5.79 Å². The van der Waals surface area contributed by atoms with Crippen molar-refractivity contribution < 1.29 is 14.6 Å². The van der Waals surface area contributed by atoms with Gasteiger partial charge in [-0.1, -0.05) is 0 Å². The van der Waals surface area contributed by atoms with Gasteiger partial charge in [0.05, 0.1) is 12.0 Å². The van der Waals surface area contributed by atoms with Crippen LogP contribution in [0.25, 0.3) is 0 Å². The molecule has 3 nitrogen and oxygen atoms in total. The smallest absolute Gasteiger partial charge is 0.218 e. The Bertz CT molecular complexity index is 165. The van der Waals surface area contributed by atoms with Crippen molar-refractivity contribution in [1.29, 1.82) is 0 Å². The van der Waals surface area contributed by atoms with Crippen molar-refractivity contribution >= 4 is 23.4 Å². The zero-order valence-corrected chi connectivity index (χ0v) is 9.40. The molecule has 3 atom stereocenters. The van der Waals surface area contributed by atoms with Gasteiger partial charge in [-0.25, -0.2) is 0 Å². The highest BCUT2D eigenvalue weighted by molar-refractivity contribution is 7.99. The van der Waals surface area contributed by atoms with Crippen molar-refractivity contribution in [2.45, 2.75) is 30.4 Å². The van der Waals surface area contributed by atoms with Crippen LogP contribution in [0.4, 0.5) is 0 Å².